The maximum absolute atomic E-state index is 13.8. The number of fused-ring (bicyclic) bond motifs is 1. The van der Waals surface area contributed by atoms with Crippen LogP contribution in [0.1, 0.15) is 57.4 Å². The lowest BCUT2D eigenvalue weighted by Crippen LogP contribution is -2.25. The minimum Gasteiger partial charge on any atom is -0.496 e. The molecule has 0 bridgehead atoms. The standard InChI is InChI=1S/C28H22F6N2O7/c1-26(2,3)43-25(39)13-5-8-20(40-4)16(9-13)24(38)36-19-12-22-21(41-28(33,34)42-22)11-15(19)23(37)35-14-6-7-18(29)17(10-14)27(30,31)32/h5-12H,1-4H3,(H,35,37)(H,36,38). The fourth-order valence-corrected chi connectivity index (χ4v) is 3.85. The second kappa shape index (κ2) is 11.0. The van der Waals surface area contributed by atoms with Gasteiger partial charge in [-0.3, -0.25) is 9.59 Å². The summed E-state index contributed by atoms with van der Waals surface area (Å²) in [5.74, 6) is -5.75. The minimum atomic E-state index is -5.08. The third kappa shape index (κ3) is 7.10. The molecule has 1 aliphatic heterocycles. The van der Waals surface area contributed by atoms with Gasteiger partial charge in [-0.1, -0.05) is 0 Å². The molecule has 2 N–H and O–H groups in total. The van der Waals surface area contributed by atoms with Crippen molar-refractivity contribution in [2.24, 2.45) is 0 Å². The molecule has 9 nitrogen and oxygen atoms in total. The molecule has 43 heavy (non-hydrogen) atoms. The van der Waals surface area contributed by atoms with E-state index in [9.17, 15) is 40.7 Å². The van der Waals surface area contributed by atoms with Gasteiger partial charge in [-0.05, 0) is 63.2 Å². The van der Waals surface area contributed by atoms with Crippen LogP contribution in [0.3, 0.4) is 0 Å². The topological polar surface area (TPSA) is 112 Å². The second-order valence-corrected chi connectivity index (χ2v) is 10.0. The van der Waals surface area contributed by atoms with Crippen molar-refractivity contribution in [3.05, 3.63) is 76.6 Å². The molecule has 0 atom stereocenters. The lowest BCUT2D eigenvalue weighted by molar-refractivity contribution is -0.286. The van der Waals surface area contributed by atoms with Gasteiger partial charge < -0.3 is 29.6 Å². The van der Waals surface area contributed by atoms with Crippen LogP contribution in [0.15, 0.2) is 48.5 Å². The average molecular weight is 612 g/mol. The summed E-state index contributed by atoms with van der Waals surface area (Å²) < 4.78 is 100.0. The van der Waals surface area contributed by atoms with E-state index in [1.807, 2.05) is 0 Å². The zero-order valence-corrected chi connectivity index (χ0v) is 22.7. The highest BCUT2D eigenvalue weighted by Gasteiger charge is 2.44. The normalized spacial score (nSPS) is 13.7. The zero-order valence-electron chi connectivity index (χ0n) is 22.7. The highest BCUT2D eigenvalue weighted by Crippen LogP contribution is 2.44. The highest BCUT2D eigenvalue weighted by molar-refractivity contribution is 6.14. The number of amides is 2. The summed E-state index contributed by atoms with van der Waals surface area (Å²) in [5.41, 5.74) is -4.28. The van der Waals surface area contributed by atoms with Gasteiger partial charge in [0, 0.05) is 11.8 Å². The van der Waals surface area contributed by atoms with Crippen LogP contribution in [0.2, 0.25) is 0 Å². The average Bonchev–Trinajstić information content (AvgIpc) is 3.19. The van der Waals surface area contributed by atoms with Crippen molar-refractivity contribution in [1.29, 1.82) is 0 Å². The monoisotopic (exact) mass is 612 g/mol. The summed E-state index contributed by atoms with van der Waals surface area (Å²) in [4.78, 5) is 39.1. The van der Waals surface area contributed by atoms with Crippen molar-refractivity contribution in [2.45, 2.75) is 38.8 Å². The Morgan fingerprint density at radius 1 is 0.837 bits per heavy atom. The summed E-state index contributed by atoms with van der Waals surface area (Å²) in [6, 6.07) is 7.03. The molecule has 3 aromatic rings. The van der Waals surface area contributed by atoms with Crippen molar-refractivity contribution in [2.75, 3.05) is 17.7 Å². The Hall–Kier alpha value is -4.95. The number of halogens is 6. The number of alkyl halides is 5. The molecule has 0 aliphatic carbocycles. The fraction of sp³-hybridized carbons (Fsp3) is 0.250. The van der Waals surface area contributed by atoms with Gasteiger partial charge in [-0.25, -0.2) is 9.18 Å². The first kappa shape index (κ1) is 31.0. The molecule has 0 radical (unpaired) electrons. The Labute approximate surface area is 239 Å². The van der Waals surface area contributed by atoms with E-state index >= 15 is 0 Å². The number of rotatable bonds is 6. The van der Waals surface area contributed by atoms with Crippen LogP contribution < -0.4 is 24.8 Å². The molecule has 0 unspecified atom stereocenters. The predicted octanol–water partition coefficient (Wildman–Crippen LogP) is 6.63. The van der Waals surface area contributed by atoms with Gasteiger partial charge in [0.05, 0.1) is 35.1 Å². The molecule has 0 fully saturated rings. The van der Waals surface area contributed by atoms with Gasteiger partial charge in [-0.15, -0.1) is 8.78 Å². The van der Waals surface area contributed by atoms with Crippen molar-refractivity contribution >= 4 is 29.2 Å². The lowest BCUT2D eigenvalue weighted by atomic mass is 10.1. The Kier molecular flexibility index (Phi) is 7.96. The van der Waals surface area contributed by atoms with E-state index in [1.165, 1.54) is 19.2 Å². The molecule has 228 valence electrons. The molecule has 0 saturated heterocycles. The molecule has 4 rings (SSSR count). The molecule has 2 amide bonds. The lowest BCUT2D eigenvalue weighted by Gasteiger charge is -2.20. The first-order valence-electron chi connectivity index (χ1n) is 12.2. The van der Waals surface area contributed by atoms with E-state index in [0.717, 1.165) is 24.3 Å². The van der Waals surface area contributed by atoms with Gasteiger partial charge in [0.25, 0.3) is 11.8 Å². The molecule has 0 aromatic heterocycles. The summed E-state index contributed by atoms with van der Waals surface area (Å²) in [7, 11) is 1.23. The van der Waals surface area contributed by atoms with E-state index in [0.29, 0.717) is 12.1 Å². The van der Waals surface area contributed by atoms with Gasteiger partial charge in [0.2, 0.25) is 0 Å². The maximum Gasteiger partial charge on any atom is 0.586 e. The number of benzene rings is 3. The van der Waals surface area contributed by atoms with E-state index in [4.69, 9.17) is 9.47 Å². The summed E-state index contributed by atoms with van der Waals surface area (Å²) in [5, 5.41) is 4.44. The Balaban J connectivity index is 1.71. The van der Waals surface area contributed by atoms with Gasteiger partial charge >= 0.3 is 18.4 Å². The van der Waals surface area contributed by atoms with E-state index in [-0.39, 0.29) is 16.9 Å². The molecule has 1 heterocycles. The molecule has 1 aliphatic rings. The number of hydrogen-bond acceptors (Lipinski definition) is 7. The number of methoxy groups -OCH3 is 1. The number of carbonyl (C=O) groups excluding carboxylic acids is 3. The van der Waals surface area contributed by atoms with Crippen LogP contribution in [-0.2, 0) is 10.9 Å². The maximum atomic E-state index is 13.8. The first-order chi connectivity index (χ1) is 19.9. The van der Waals surface area contributed by atoms with Crippen molar-refractivity contribution < 1.29 is 59.7 Å². The third-order valence-corrected chi connectivity index (χ3v) is 5.64. The van der Waals surface area contributed by atoms with E-state index < -0.39 is 75.7 Å². The number of ether oxygens (including phenoxy) is 4. The van der Waals surface area contributed by atoms with Crippen LogP contribution in [-0.4, -0.2) is 36.8 Å². The van der Waals surface area contributed by atoms with Crippen LogP contribution in [0.5, 0.6) is 17.2 Å². The van der Waals surface area contributed by atoms with Crippen LogP contribution in [0, 0.1) is 5.82 Å². The number of carbonyl (C=O) groups is 3. The Bertz CT molecular complexity index is 1620. The number of hydrogen-bond donors (Lipinski definition) is 2. The largest absolute Gasteiger partial charge is 0.586 e. The van der Waals surface area contributed by atoms with Crippen LogP contribution >= 0.6 is 0 Å². The summed E-state index contributed by atoms with van der Waals surface area (Å²) in [6.45, 7) is 4.90. The highest BCUT2D eigenvalue weighted by atomic mass is 19.4. The molecule has 3 aromatic carbocycles. The first-order valence-corrected chi connectivity index (χ1v) is 12.2. The van der Waals surface area contributed by atoms with Crippen LogP contribution in [0.4, 0.5) is 37.7 Å². The summed E-state index contributed by atoms with van der Waals surface area (Å²) in [6.07, 6.45) is -9.20. The Morgan fingerprint density at radius 2 is 1.47 bits per heavy atom. The summed E-state index contributed by atoms with van der Waals surface area (Å²) >= 11 is 0. The quantitative estimate of drug-likeness (QED) is 0.237. The molecule has 0 spiro atoms. The third-order valence-electron chi connectivity index (χ3n) is 5.64. The molecule has 0 saturated carbocycles. The van der Waals surface area contributed by atoms with Crippen LogP contribution in [0.25, 0.3) is 0 Å². The zero-order chi connectivity index (χ0) is 31.9. The van der Waals surface area contributed by atoms with E-state index in [1.54, 1.807) is 20.8 Å². The van der Waals surface area contributed by atoms with Crippen molar-refractivity contribution in [3.63, 3.8) is 0 Å². The number of esters is 1. The minimum absolute atomic E-state index is 0.0194. The second-order valence-electron chi connectivity index (χ2n) is 10.0. The number of anilines is 2. The molecule has 15 heteroatoms. The SMILES string of the molecule is COc1ccc(C(=O)OC(C)(C)C)cc1C(=O)Nc1cc2c(cc1C(=O)Nc1ccc(F)c(C(F)(F)F)c1)OC(F)(F)O2. The Morgan fingerprint density at radius 3 is 2.07 bits per heavy atom. The molecular weight excluding hydrogens is 590 g/mol. The fourth-order valence-electron chi connectivity index (χ4n) is 3.85. The van der Waals surface area contributed by atoms with Crippen molar-refractivity contribution in [3.8, 4) is 17.2 Å². The predicted molar refractivity (Wildman–Crippen MR) is 138 cm³/mol. The van der Waals surface area contributed by atoms with Gasteiger partial charge in [-0.2, -0.15) is 13.2 Å². The smallest absolute Gasteiger partial charge is 0.496 e. The molecular formula is C28H22F6N2O7. The van der Waals surface area contributed by atoms with E-state index in [2.05, 4.69) is 20.1 Å². The number of nitrogens with one attached hydrogen (secondary N) is 2. The van der Waals surface area contributed by atoms with Crippen molar-refractivity contribution in [1.82, 2.24) is 0 Å². The van der Waals surface area contributed by atoms with Gasteiger partial charge in [0.1, 0.15) is 17.2 Å². The van der Waals surface area contributed by atoms with Gasteiger partial charge in [0.15, 0.2) is 11.5 Å².